The Morgan fingerprint density at radius 3 is 3.06 bits per heavy atom. The minimum atomic E-state index is 0.0305. The van der Waals surface area contributed by atoms with Crippen LogP contribution >= 0.6 is 0 Å². The summed E-state index contributed by atoms with van der Waals surface area (Å²) in [4.78, 5) is 14.3. The Kier molecular flexibility index (Phi) is 3.66. The fourth-order valence-corrected chi connectivity index (χ4v) is 2.47. The van der Waals surface area contributed by atoms with Crippen LogP contribution in [-0.2, 0) is 0 Å². The van der Waals surface area contributed by atoms with Crippen molar-refractivity contribution in [2.75, 3.05) is 12.3 Å². The number of rotatable bonds is 2. The average Bonchev–Trinajstić information content (AvgIpc) is 2.64. The lowest BCUT2D eigenvalue weighted by Gasteiger charge is -2.28. The Morgan fingerprint density at radius 1 is 1.59 bits per heavy atom. The molecule has 0 aromatic carbocycles. The van der Waals surface area contributed by atoms with E-state index in [-0.39, 0.29) is 5.91 Å². The van der Waals surface area contributed by atoms with Crippen LogP contribution in [0.3, 0.4) is 0 Å². The number of hydrogen-bond donors (Lipinski definition) is 2. The maximum absolute atomic E-state index is 12.3. The lowest BCUT2D eigenvalue weighted by atomic mass is 10.1. The topological polar surface area (TPSA) is 75.0 Å². The Balaban J connectivity index is 2.15. The van der Waals surface area contributed by atoms with Crippen molar-refractivity contribution in [3.8, 4) is 0 Å². The second-order valence-electron chi connectivity index (χ2n) is 4.62. The summed E-state index contributed by atoms with van der Waals surface area (Å²) in [5.74, 6) is 0.402. The van der Waals surface area contributed by atoms with Gasteiger partial charge in [0.1, 0.15) is 11.5 Å². The number of nitrogens with two attached hydrogens (primary N) is 1. The van der Waals surface area contributed by atoms with Crippen LogP contribution < -0.4 is 5.73 Å². The highest BCUT2D eigenvalue weighted by Gasteiger charge is 2.25. The number of anilines is 1. The summed E-state index contributed by atoms with van der Waals surface area (Å²) in [7, 11) is 0. The lowest BCUT2D eigenvalue weighted by Crippen LogP contribution is -2.39. The number of carbonyl (C=O) groups excluding carboxylic acids is 1. The smallest absolute Gasteiger partial charge is 0.272 e. The summed E-state index contributed by atoms with van der Waals surface area (Å²) in [5.41, 5.74) is 6.03. The van der Waals surface area contributed by atoms with E-state index in [0.717, 1.165) is 25.8 Å². The summed E-state index contributed by atoms with van der Waals surface area (Å²) in [6, 6.07) is 1.97. The monoisotopic (exact) mass is 236 g/mol. The van der Waals surface area contributed by atoms with Crippen LogP contribution in [0.25, 0.3) is 0 Å². The van der Waals surface area contributed by atoms with Crippen molar-refractivity contribution >= 4 is 11.7 Å². The number of aromatic nitrogens is 2. The van der Waals surface area contributed by atoms with E-state index in [1.165, 1.54) is 12.8 Å². The second kappa shape index (κ2) is 5.21. The van der Waals surface area contributed by atoms with E-state index in [1.54, 1.807) is 6.07 Å². The van der Waals surface area contributed by atoms with Gasteiger partial charge >= 0.3 is 0 Å². The molecule has 1 unspecified atom stereocenters. The molecule has 5 nitrogen and oxygen atoms in total. The molecule has 17 heavy (non-hydrogen) atoms. The number of aromatic amines is 1. The van der Waals surface area contributed by atoms with Gasteiger partial charge in [-0.2, -0.15) is 5.10 Å². The van der Waals surface area contributed by atoms with E-state index in [9.17, 15) is 4.79 Å². The zero-order valence-electron chi connectivity index (χ0n) is 10.3. The first-order valence-electron chi connectivity index (χ1n) is 6.34. The van der Waals surface area contributed by atoms with E-state index in [2.05, 4.69) is 17.1 Å². The standard InChI is InChI=1S/C12H20N4O/c1-2-9-6-4-3-5-7-16(9)12(17)10-8-11(13)15-14-10/h8-9H,2-7H2,1H3,(H3,13,14,15). The van der Waals surface area contributed by atoms with E-state index >= 15 is 0 Å². The lowest BCUT2D eigenvalue weighted by molar-refractivity contribution is 0.0672. The Labute approximate surface area is 101 Å². The van der Waals surface area contributed by atoms with E-state index in [4.69, 9.17) is 5.73 Å². The molecule has 1 amide bonds. The first-order valence-corrected chi connectivity index (χ1v) is 6.34. The molecule has 1 saturated heterocycles. The zero-order chi connectivity index (χ0) is 12.3. The van der Waals surface area contributed by atoms with E-state index in [1.807, 2.05) is 4.90 Å². The first kappa shape index (κ1) is 12.0. The van der Waals surface area contributed by atoms with Gasteiger partial charge in [-0.15, -0.1) is 0 Å². The van der Waals surface area contributed by atoms with Crippen molar-refractivity contribution in [1.29, 1.82) is 0 Å². The molecule has 3 N–H and O–H groups in total. The van der Waals surface area contributed by atoms with Crippen LogP contribution in [0, 0.1) is 0 Å². The molecule has 1 aliphatic heterocycles. The van der Waals surface area contributed by atoms with Gasteiger partial charge in [-0.3, -0.25) is 9.89 Å². The molecule has 0 aliphatic carbocycles. The molecule has 0 bridgehead atoms. The number of nitrogens with zero attached hydrogens (tertiary/aromatic N) is 2. The molecule has 0 radical (unpaired) electrons. The highest BCUT2D eigenvalue weighted by Crippen LogP contribution is 2.21. The van der Waals surface area contributed by atoms with Crippen molar-refractivity contribution in [3.63, 3.8) is 0 Å². The third kappa shape index (κ3) is 2.60. The highest BCUT2D eigenvalue weighted by atomic mass is 16.2. The molecule has 1 atom stereocenters. The molecule has 2 rings (SSSR count). The minimum Gasteiger partial charge on any atom is -0.382 e. The predicted octanol–water partition coefficient (Wildman–Crippen LogP) is 1.79. The van der Waals surface area contributed by atoms with Crippen molar-refractivity contribution < 1.29 is 4.79 Å². The average molecular weight is 236 g/mol. The number of hydrogen-bond acceptors (Lipinski definition) is 3. The van der Waals surface area contributed by atoms with Crippen LogP contribution in [0.4, 0.5) is 5.82 Å². The molecule has 2 heterocycles. The molecule has 1 aromatic heterocycles. The highest BCUT2D eigenvalue weighted by molar-refractivity contribution is 5.93. The van der Waals surface area contributed by atoms with E-state index < -0.39 is 0 Å². The quantitative estimate of drug-likeness (QED) is 0.822. The second-order valence-corrected chi connectivity index (χ2v) is 4.62. The van der Waals surface area contributed by atoms with Crippen molar-refractivity contribution in [3.05, 3.63) is 11.8 Å². The third-order valence-corrected chi connectivity index (χ3v) is 3.44. The van der Waals surface area contributed by atoms with Gasteiger partial charge in [0.2, 0.25) is 0 Å². The molecule has 1 aliphatic rings. The molecular weight excluding hydrogens is 216 g/mol. The predicted molar refractivity (Wildman–Crippen MR) is 66.6 cm³/mol. The zero-order valence-corrected chi connectivity index (χ0v) is 10.3. The summed E-state index contributed by atoms with van der Waals surface area (Å²) in [5, 5.41) is 6.51. The number of likely N-dealkylation sites (tertiary alicyclic amines) is 1. The first-order chi connectivity index (χ1) is 8.22. The SMILES string of the molecule is CCC1CCCCCN1C(=O)c1cc(N)n[nH]1. The summed E-state index contributed by atoms with van der Waals surface area (Å²) >= 11 is 0. The molecular formula is C12H20N4O. The molecule has 94 valence electrons. The molecule has 0 saturated carbocycles. The van der Waals surface area contributed by atoms with Crippen molar-refractivity contribution in [2.24, 2.45) is 0 Å². The van der Waals surface area contributed by atoms with Gasteiger partial charge in [-0.25, -0.2) is 0 Å². The molecule has 1 aromatic rings. The van der Waals surface area contributed by atoms with Gasteiger partial charge < -0.3 is 10.6 Å². The Hall–Kier alpha value is -1.52. The van der Waals surface area contributed by atoms with Crippen LogP contribution in [0.2, 0.25) is 0 Å². The van der Waals surface area contributed by atoms with Gasteiger partial charge in [0.25, 0.3) is 5.91 Å². The fraction of sp³-hybridized carbons (Fsp3) is 0.667. The normalized spacial score (nSPS) is 21.2. The number of nitrogens with one attached hydrogen (secondary N) is 1. The fourth-order valence-electron chi connectivity index (χ4n) is 2.47. The summed E-state index contributed by atoms with van der Waals surface area (Å²) < 4.78 is 0. The van der Waals surface area contributed by atoms with E-state index in [0.29, 0.717) is 17.6 Å². The number of carbonyl (C=O) groups is 1. The maximum atomic E-state index is 12.3. The number of amides is 1. The van der Waals surface area contributed by atoms with Gasteiger partial charge in [-0.05, 0) is 19.3 Å². The Bertz CT molecular complexity index is 388. The third-order valence-electron chi connectivity index (χ3n) is 3.44. The molecule has 5 heteroatoms. The molecule has 0 spiro atoms. The van der Waals surface area contributed by atoms with Crippen LogP contribution in [0.15, 0.2) is 6.07 Å². The van der Waals surface area contributed by atoms with Crippen LogP contribution in [0.1, 0.15) is 49.5 Å². The maximum Gasteiger partial charge on any atom is 0.272 e. The number of nitrogen functional groups attached to an aromatic ring is 1. The van der Waals surface area contributed by atoms with Gasteiger partial charge in [0.15, 0.2) is 0 Å². The largest absolute Gasteiger partial charge is 0.382 e. The van der Waals surface area contributed by atoms with Crippen molar-refractivity contribution in [1.82, 2.24) is 15.1 Å². The summed E-state index contributed by atoms with van der Waals surface area (Å²) in [6.07, 6.45) is 5.63. The van der Waals surface area contributed by atoms with Gasteiger partial charge in [0, 0.05) is 18.7 Å². The van der Waals surface area contributed by atoms with Crippen LogP contribution in [-0.4, -0.2) is 33.6 Å². The summed E-state index contributed by atoms with van der Waals surface area (Å²) in [6.45, 7) is 2.98. The molecule has 1 fully saturated rings. The van der Waals surface area contributed by atoms with Gasteiger partial charge in [-0.1, -0.05) is 19.8 Å². The van der Waals surface area contributed by atoms with Crippen LogP contribution in [0.5, 0.6) is 0 Å². The van der Waals surface area contributed by atoms with Crippen molar-refractivity contribution in [2.45, 2.75) is 45.1 Å². The number of H-pyrrole nitrogens is 1. The Morgan fingerprint density at radius 2 is 2.41 bits per heavy atom. The van der Waals surface area contributed by atoms with Gasteiger partial charge in [0.05, 0.1) is 0 Å². The minimum absolute atomic E-state index is 0.0305.